The maximum atomic E-state index is 13.4. The van der Waals surface area contributed by atoms with Gasteiger partial charge in [0.2, 0.25) is 0 Å². The number of benzene rings is 1. The molecule has 5 heteroatoms. The first-order valence-electron chi connectivity index (χ1n) is 4.71. The van der Waals surface area contributed by atoms with Crippen molar-refractivity contribution in [1.29, 1.82) is 5.26 Å². The molecular formula is C11H10ClFN2O. The molecule has 1 aromatic rings. The van der Waals surface area contributed by atoms with Crippen molar-refractivity contribution in [3.8, 4) is 6.07 Å². The fourth-order valence-electron chi connectivity index (χ4n) is 1.25. The third-order valence-corrected chi connectivity index (χ3v) is 2.33. The first-order valence-corrected chi connectivity index (χ1v) is 5.09. The normalized spacial score (nSPS) is 9.62. The fraction of sp³-hybridized carbons (Fsp3) is 0.273. The van der Waals surface area contributed by atoms with Crippen LogP contribution < -0.4 is 0 Å². The molecule has 0 heterocycles. The van der Waals surface area contributed by atoms with Gasteiger partial charge in [-0.25, -0.2) is 4.39 Å². The van der Waals surface area contributed by atoms with Gasteiger partial charge in [-0.1, -0.05) is 11.6 Å². The van der Waals surface area contributed by atoms with Gasteiger partial charge in [-0.3, -0.25) is 4.79 Å². The molecule has 0 fully saturated rings. The van der Waals surface area contributed by atoms with Gasteiger partial charge in [-0.15, -0.1) is 0 Å². The maximum Gasteiger partial charge on any atom is 0.257 e. The van der Waals surface area contributed by atoms with Gasteiger partial charge in [0.1, 0.15) is 12.4 Å². The minimum Gasteiger partial charge on any atom is -0.326 e. The summed E-state index contributed by atoms with van der Waals surface area (Å²) < 4.78 is 13.4. The molecule has 1 rings (SSSR count). The van der Waals surface area contributed by atoms with E-state index in [1.54, 1.807) is 6.92 Å². The third kappa shape index (κ3) is 2.71. The topological polar surface area (TPSA) is 44.1 Å². The first-order chi connectivity index (χ1) is 7.60. The standard InChI is InChI=1S/C11H10ClFN2O/c1-2-15(6-5-14)11(16)9-4-3-8(12)7-10(9)13/h3-4,7H,2,6H2,1H3. The van der Waals surface area contributed by atoms with Crippen LogP contribution in [0.15, 0.2) is 18.2 Å². The summed E-state index contributed by atoms with van der Waals surface area (Å²) >= 11 is 5.58. The molecule has 0 spiro atoms. The molecule has 84 valence electrons. The Morgan fingerprint density at radius 3 is 2.81 bits per heavy atom. The lowest BCUT2D eigenvalue weighted by atomic mass is 10.2. The molecule has 16 heavy (non-hydrogen) atoms. The summed E-state index contributed by atoms with van der Waals surface area (Å²) in [4.78, 5) is 13.0. The van der Waals surface area contributed by atoms with Crippen molar-refractivity contribution in [2.45, 2.75) is 6.92 Å². The summed E-state index contributed by atoms with van der Waals surface area (Å²) in [6.07, 6.45) is 0. The number of amides is 1. The highest BCUT2D eigenvalue weighted by Crippen LogP contribution is 2.16. The lowest BCUT2D eigenvalue weighted by Gasteiger charge is -2.17. The highest BCUT2D eigenvalue weighted by Gasteiger charge is 2.17. The van der Waals surface area contributed by atoms with Crippen LogP contribution in [0.3, 0.4) is 0 Å². The molecule has 0 aliphatic rings. The van der Waals surface area contributed by atoms with Crippen LogP contribution in [0.1, 0.15) is 17.3 Å². The predicted molar refractivity (Wildman–Crippen MR) is 58.6 cm³/mol. The lowest BCUT2D eigenvalue weighted by molar-refractivity contribution is 0.0779. The molecule has 0 radical (unpaired) electrons. The molecule has 0 bridgehead atoms. The van der Waals surface area contributed by atoms with E-state index in [2.05, 4.69) is 0 Å². The number of nitriles is 1. The van der Waals surface area contributed by atoms with E-state index in [9.17, 15) is 9.18 Å². The van der Waals surface area contributed by atoms with E-state index < -0.39 is 11.7 Å². The van der Waals surface area contributed by atoms with E-state index in [-0.39, 0.29) is 17.1 Å². The lowest BCUT2D eigenvalue weighted by Crippen LogP contribution is -2.31. The minimum absolute atomic E-state index is 0.0581. The zero-order chi connectivity index (χ0) is 12.1. The SMILES string of the molecule is CCN(CC#N)C(=O)c1ccc(Cl)cc1F. The zero-order valence-electron chi connectivity index (χ0n) is 8.70. The second-order valence-electron chi connectivity index (χ2n) is 3.10. The Hall–Kier alpha value is -1.60. The van der Waals surface area contributed by atoms with E-state index in [4.69, 9.17) is 16.9 Å². The van der Waals surface area contributed by atoms with Crippen LogP contribution in [0.2, 0.25) is 5.02 Å². The van der Waals surface area contributed by atoms with Gasteiger partial charge in [-0.2, -0.15) is 5.26 Å². The Balaban J connectivity index is 3.00. The first kappa shape index (κ1) is 12.5. The highest BCUT2D eigenvalue weighted by atomic mass is 35.5. The van der Waals surface area contributed by atoms with Crippen molar-refractivity contribution < 1.29 is 9.18 Å². The minimum atomic E-state index is -0.672. The van der Waals surface area contributed by atoms with Gasteiger partial charge in [0.05, 0.1) is 11.6 Å². The van der Waals surface area contributed by atoms with Gasteiger partial charge in [0, 0.05) is 11.6 Å². The number of halogens is 2. The molecule has 0 aliphatic heterocycles. The summed E-state index contributed by atoms with van der Waals surface area (Å²) in [5.41, 5.74) is -0.0681. The second kappa shape index (κ2) is 5.47. The maximum absolute atomic E-state index is 13.4. The van der Waals surface area contributed by atoms with E-state index >= 15 is 0 Å². The molecule has 1 amide bonds. The van der Waals surface area contributed by atoms with E-state index in [0.29, 0.717) is 6.54 Å². The molecule has 3 nitrogen and oxygen atoms in total. The molecule has 0 saturated heterocycles. The predicted octanol–water partition coefficient (Wildman–Crippen LogP) is 2.46. The van der Waals surface area contributed by atoms with Crippen molar-refractivity contribution in [2.24, 2.45) is 0 Å². The van der Waals surface area contributed by atoms with Crippen molar-refractivity contribution in [3.63, 3.8) is 0 Å². The molecular weight excluding hydrogens is 231 g/mol. The number of carbonyl (C=O) groups is 1. The van der Waals surface area contributed by atoms with E-state index in [0.717, 1.165) is 6.07 Å². The molecule has 0 aliphatic carbocycles. The van der Waals surface area contributed by atoms with Crippen molar-refractivity contribution in [1.82, 2.24) is 4.90 Å². The summed E-state index contributed by atoms with van der Waals surface area (Å²) in [5.74, 6) is -1.17. The van der Waals surface area contributed by atoms with Crippen LogP contribution in [0, 0.1) is 17.1 Å². The average Bonchev–Trinajstić information content (AvgIpc) is 2.25. The number of rotatable bonds is 3. The monoisotopic (exact) mass is 240 g/mol. The number of hydrogen-bond donors (Lipinski definition) is 0. The van der Waals surface area contributed by atoms with Gasteiger partial charge in [0.15, 0.2) is 0 Å². The molecule has 0 aromatic heterocycles. The van der Waals surface area contributed by atoms with E-state index in [1.165, 1.54) is 17.0 Å². The summed E-state index contributed by atoms with van der Waals surface area (Å²) in [5, 5.41) is 8.75. The molecule has 0 unspecified atom stereocenters. The van der Waals surface area contributed by atoms with Crippen LogP contribution in [0.5, 0.6) is 0 Å². The Bertz CT molecular complexity index is 442. The second-order valence-corrected chi connectivity index (χ2v) is 3.54. The van der Waals surface area contributed by atoms with Crippen LogP contribution in [0.25, 0.3) is 0 Å². The highest BCUT2D eigenvalue weighted by molar-refractivity contribution is 6.30. The number of hydrogen-bond acceptors (Lipinski definition) is 2. The molecule has 0 atom stereocenters. The molecule has 0 N–H and O–H groups in total. The molecule has 0 saturated carbocycles. The third-order valence-electron chi connectivity index (χ3n) is 2.09. The largest absolute Gasteiger partial charge is 0.326 e. The fourth-order valence-corrected chi connectivity index (χ4v) is 1.40. The Morgan fingerprint density at radius 2 is 2.31 bits per heavy atom. The number of nitrogens with zero attached hydrogens (tertiary/aromatic N) is 2. The molecule has 1 aromatic carbocycles. The van der Waals surface area contributed by atoms with Crippen molar-refractivity contribution >= 4 is 17.5 Å². The van der Waals surface area contributed by atoms with Crippen molar-refractivity contribution in [2.75, 3.05) is 13.1 Å². The van der Waals surface area contributed by atoms with Gasteiger partial charge >= 0.3 is 0 Å². The Morgan fingerprint density at radius 1 is 1.62 bits per heavy atom. The van der Waals surface area contributed by atoms with Crippen LogP contribution in [-0.2, 0) is 0 Å². The van der Waals surface area contributed by atoms with Crippen LogP contribution in [-0.4, -0.2) is 23.9 Å². The number of carbonyl (C=O) groups excluding carboxylic acids is 1. The summed E-state index contributed by atoms with van der Waals surface area (Å²) in [6.45, 7) is 2.02. The van der Waals surface area contributed by atoms with Gasteiger partial charge < -0.3 is 4.90 Å². The van der Waals surface area contributed by atoms with Crippen molar-refractivity contribution in [3.05, 3.63) is 34.6 Å². The van der Waals surface area contributed by atoms with Gasteiger partial charge in [-0.05, 0) is 25.1 Å². The quantitative estimate of drug-likeness (QED) is 0.762. The van der Waals surface area contributed by atoms with Crippen LogP contribution >= 0.6 is 11.6 Å². The Kier molecular flexibility index (Phi) is 4.27. The smallest absolute Gasteiger partial charge is 0.257 e. The van der Waals surface area contributed by atoms with Crippen LogP contribution in [0.4, 0.5) is 4.39 Å². The van der Waals surface area contributed by atoms with Gasteiger partial charge in [0.25, 0.3) is 5.91 Å². The summed E-state index contributed by atoms with van der Waals surface area (Å²) in [6, 6.07) is 5.70. The average molecular weight is 241 g/mol. The summed E-state index contributed by atoms with van der Waals surface area (Å²) in [7, 11) is 0. The Labute approximate surface area is 98.0 Å². The zero-order valence-corrected chi connectivity index (χ0v) is 9.46. The van der Waals surface area contributed by atoms with E-state index in [1.807, 2.05) is 6.07 Å².